The van der Waals surface area contributed by atoms with Crippen LogP contribution in [0.15, 0.2) is 0 Å². The van der Waals surface area contributed by atoms with Crippen LogP contribution in [0.1, 0.15) is 104 Å². The fourth-order valence-electron chi connectivity index (χ4n) is 6.26. The first-order chi connectivity index (χ1) is 10.9. The maximum atomic E-state index is 6.51. The van der Waals surface area contributed by atoms with Crippen molar-refractivity contribution in [2.24, 2.45) is 22.7 Å². The van der Waals surface area contributed by atoms with Crippen LogP contribution in [0.3, 0.4) is 0 Å². The zero-order chi connectivity index (χ0) is 16.6. The molecule has 3 rings (SSSR count). The van der Waals surface area contributed by atoms with E-state index in [1.807, 2.05) is 7.11 Å². The molecule has 1 nitrogen and oxygen atoms in total. The summed E-state index contributed by atoms with van der Waals surface area (Å²) in [5.41, 5.74) is 0.997. The first-order valence-electron chi connectivity index (χ1n) is 10.5. The molecule has 0 heterocycles. The molecule has 0 aromatic rings. The summed E-state index contributed by atoms with van der Waals surface area (Å²) in [6.45, 7) is 7.49. The molecule has 0 spiro atoms. The second kappa shape index (κ2) is 6.70. The minimum absolute atomic E-state index is 0.139. The molecule has 1 atom stereocenters. The normalized spacial score (nSPS) is 32.9. The summed E-state index contributed by atoms with van der Waals surface area (Å²) in [5, 5.41) is 0. The Hall–Kier alpha value is -0.0400. The third kappa shape index (κ3) is 3.37. The molecule has 0 N–H and O–H groups in total. The Morgan fingerprint density at radius 1 is 0.783 bits per heavy atom. The van der Waals surface area contributed by atoms with E-state index in [0.717, 1.165) is 11.8 Å². The van der Waals surface area contributed by atoms with Crippen molar-refractivity contribution in [3.05, 3.63) is 0 Å². The Morgan fingerprint density at radius 2 is 1.17 bits per heavy atom. The highest BCUT2D eigenvalue weighted by atomic mass is 16.5. The van der Waals surface area contributed by atoms with Gasteiger partial charge < -0.3 is 4.74 Å². The fraction of sp³-hybridized carbons (Fsp3) is 1.00. The molecule has 0 radical (unpaired) electrons. The lowest BCUT2D eigenvalue weighted by atomic mass is 9.66. The molecule has 0 saturated heterocycles. The number of rotatable bonds is 6. The predicted octanol–water partition coefficient (Wildman–Crippen LogP) is 6.75. The van der Waals surface area contributed by atoms with E-state index in [-0.39, 0.29) is 5.60 Å². The highest BCUT2D eigenvalue weighted by Gasteiger charge is 2.68. The van der Waals surface area contributed by atoms with Gasteiger partial charge in [-0.1, -0.05) is 85.0 Å². The van der Waals surface area contributed by atoms with E-state index in [4.69, 9.17) is 4.74 Å². The average molecular weight is 321 g/mol. The average Bonchev–Trinajstić information content (AvgIpc) is 3.08. The van der Waals surface area contributed by atoms with Gasteiger partial charge in [0.1, 0.15) is 0 Å². The van der Waals surface area contributed by atoms with Crippen LogP contribution in [0.25, 0.3) is 0 Å². The molecule has 0 aromatic heterocycles. The van der Waals surface area contributed by atoms with E-state index in [1.165, 1.54) is 83.5 Å². The smallest absolute Gasteiger partial charge is 0.0742 e. The van der Waals surface area contributed by atoms with Crippen LogP contribution >= 0.6 is 0 Å². The van der Waals surface area contributed by atoms with Crippen molar-refractivity contribution in [2.45, 2.75) is 110 Å². The van der Waals surface area contributed by atoms with Crippen molar-refractivity contribution in [3.8, 4) is 0 Å². The Balaban J connectivity index is 1.78. The van der Waals surface area contributed by atoms with Gasteiger partial charge in [-0.25, -0.2) is 0 Å². The third-order valence-electron chi connectivity index (χ3n) is 8.25. The van der Waals surface area contributed by atoms with Crippen LogP contribution in [0, 0.1) is 22.7 Å². The van der Waals surface area contributed by atoms with Crippen molar-refractivity contribution in [1.82, 2.24) is 0 Å². The maximum absolute atomic E-state index is 6.51. The second-order valence-corrected chi connectivity index (χ2v) is 10.0. The Kier molecular flexibility index (Phi) is 5.17. The number of hydrogen-bond acceptors (Lipinski definition) is 1. The third-order valence-corrected chi connectivity index (χ3v) is 8.25. The molecule has 3 aliphatic carbocycles. The van der Waals surface area contributed by atoms with Gasteiger partial charge in [-0.3, -0.25) is 0 Å². The van der Waals surface area contributed by atoms with E-state index >= 15 is 0 Å². The summed E-state index contributed by atoms with van der Waals surface area (Å²) in [6.07, 6.45) is 18.6. The van der Waals surface area contributed by atoms with Crippen LogP contribution in [0.5, 0.6) is 0 Å². The van der Waals surface area contributed by atoms with Gasteiger partial charge in [-0.05, 0) is 36.5 Å². The molecular formula is C22H40O. The maximum Gasteiger partial charge on any atom is 0.0742 e. The number of hydrogen-bond donors (Lipinski definition) is 0. The Bertz CT molecular complexity index is 367. The molecule has 0 aliphatic heterocycles. The predicted molar refractivity (Wildman–Crippen MR) is 98.6 cm³/mol. The second-order valence-electron chi connectivity index (χ2n) is 10.0. The van der Waals surface area contributed by atoms with E-state index < -0.39 is 0 Å². The van der Waals surface area contributed by atoms with Gasteiger partial charge in [-0.2, -0.15) is 0 Å². The number of methoxy groups -OCH3 is 1. The molecule has 0 aromatic carbocycles. The van der Waals surface area contributed by atoms with Crippen LogP contribution in [-0.4, -0.2) is 12.7 Å². The molecule has 3 fully saturated rings. The van der Waals surface area contributed by atoms with E-state index in [2.05, 4.69) is 20.8 Å². The minimum Gasteiger partial charge on any atom is -0.378 e. The fourth-order valence-corrected chi connectivity index (χ4v) is 6.26. The minimum atomic E-state index is 0.139. The summed E-state index contributed by atoms with van der Waals surface area (Å²) in [5.74, 6) is 1.83. The zero-order valence-electron chi connectivity index (χ0n) is 16.3. The summed E-state index contributed by atoms with van der Waals surface area (Å²) < 4.78 is 6.51. The molecule has 3 aliphatic rings. The van der Waals surface area contributed by atoms with Gasteiger partial charge in [0.25, 0.3) is 0 Å². The van der Waals surface area contributed by atoms with Crippen molar-refractivity contribution >= 4 is 0 Å². The van der Waals surface area contributed by atoms with Gasteiger partial charge in [0.05, 0.1) is 5.60 Å². The lowest BCUT2D eigenvalue weighted by Crippen LogP contribution is -2.46. The van der Waals surface area contributed by atoms with Gasteiger partial charge in [0.2, 0.25) is 0 Å². The molecule has 3 saturated carbocycles. The first-order valence-corrected chi connectivity index (χ1v) is 10.5. The summed E-state index contributed by atoms with van der Waals surface area (Å²) in [7, 11) is 2.03. The van der Waals surface area contributed by atoms with Gasteiger partial charge >= 0.3 is 0 Å². The standard InChI is InChI=1S/C22H40O/c1-20(2)17-21(20,3)22(23-4,15-18-11-7-5-8-12-18)16-19-13-9-6-10-14-19/h18-19H,5-17H2,1-4H3. The highest BCUT2D eigenvalue weighted by Crippen LogP contribution is 2.72. The van der Waals surface area contributed by atoms with E-state index in [9.17, 15) is 0 Å². The van der Waals surface area contributed by atoms with Crippen LogP contribution in [0.4, 0.5) is 0 Å². The summed E-state index contributed by atoms with van der Waals surface area (Å²) >= 11 is 0. The molecule has 23 heavy (non-hydrogen) atoms. The number of ether oxygens (including phenoxy) is 1. The molecule has 1 unspecified atom stereocenters. The van der Waals surface area contributed by atoms with Crippen molar-refractivity contribution in [2.75, 3.05) is 7.11 Å². The molecule has 0 bridgehead atoms. The molecule has 1 heteroatoms. The van der Waals surface area contributed by atoms with Gasteiger partial charge in [-0.15, -0.1) is 0 Å². The Morgan fingerprint density at radius 3 is 1.48 bits per heavy atom. The van der Waals surface area contributed by atoms with E-state index in [1.54, 1.807) is 0 Å². The summed E-state index contributed by atoms with van der Waals surface area (Å²) in [4.78, 5) is 0. The largest absolute Gasteiger partial charge is 0.378 e. The van der Waals surface area contributed by atoms with Crippen LogP contribution in [0.2, 0.25) is 0 Å². The van der Waals surface area contributed by atoms with Gasteiger partial charge in [0, 0.05) is 12.5 Å². The van der Waals surface area contributed by atoms with E-state index in [0.29, 0.717) is 10.8 Å². The zero-order valence-corrected chi connectivity index (χ0v) is 16.3. The molecule has 134 valence electrons. The summed E-state index contributed by atoms with van der Waals surface area (Å²) in [6, 6.07) is 0. The molecular weight excluding hydrogens is 280 g/mol. The molecule has 0 amide bonds. The van der Waals surface area contributed by atoms with Crippen molar-refractivity contribution < 1.29 is 4.74 Å². The lowest BCUT2D eigenvalue weighted by Gasteiger charge is -2.46. The Labute approximate surface area is 144 Å². The lowest BCUT2D eigenvalue weighted by molar-refractivity contribution is -0.113. The van der Waals surface area contributed by atoms with Crippen molar-refractivity contribution in [3.63, 3.8) is 0 Å². The SMILES string of the molecule is COC(CC1CCCCC1)(CC1CCCCC1)C1(C)CC1(C)C. The van der Waals surface area contributed by atoms with Crippen LogP contribution in [-0.2, 0) is 4.74 Å². The van der Waals surface area contributed by atoms with Crippen molar-refractivity contribution in [1.29, 1.82) is 0 Å². The monoisotopic (exact) mass is 320 g/mol. The van der Waals surface area contributed by atoms with Crippen LogP contribution < -0.4 is 0 Å². The topological polar surface area (TPSA) is 9.23 Å². The quantitative estimate of drug-likeness (QED) is 0.526. The first kappa shape index (κ1) is 17.8. The van der Waals surface area contributed by atoms with Gasteiger partial charge in [0.15, 0.2) is 0 Å². The highest BCUT2D eigenvalue weighted by molar-refractivity contribution is 5.18.